The first-order valence-corrected chi connectivity index (χ1v) is 6.53. The molecular formula is C13H16ClNO3. The quantitative estimate of drug-likeness (QED) is 0.888. The number of benzene rings is 1. The Hall–Kier alpha value is -0.810. The molecule has 2 atom stereocenters. The molecule has 18 heavy (non-hydrogen) atoms. The fourth-order valence-corrected chi connectivity index (χ4v) is 2.71. The van der Waals surface area contributed by atoms with Gasteiger partial charge in [-0.05, 0) is 17.7 Å². The molecule has 1 fully saturated rings. The summed E-state index contributed by atoms with van der Waals surface area (Å²) in [6, 6.07) is 3.54. The minimum absolute atomic E-state index is 0.134. The van der Waals surface area contributed by atoms with Crippen molar-refractivity contribution in [2.75, 3.05) is 26.4 Å². The van der Waals surface area contributed by atoms with Crippen molar-refractivity contribution in [1.82, 2.24) is 0 Å². The fourth-order valence-electron chi connectivity index (χ4n) is 2.46. The smallest absolute Gasteiger partial charge is 0.127 e. The van der Waals surface area contributed by atoms with Gasteiger partial charge in [-0.3, -0.25) is 0 Å². The molecule has 0 saturated carbocycles. The maximum atomic E-state index is 6.27. The summed E-state index contributed by atoms with van der Waals surface area (Å²) in [5, 5.41) is 0.696. The van der Waals surface area contributed by atoms with Gasteiger partial charge in [-0.1, -0.05) is 11.6 Å². The van der Waals surface area contributed by atoms with Crippen LogP contribution in [-0.2, 0) is 15.9 Å². The van der Waals surface area contributed by atoms with E-state index in [-0.39, 0.29) is 12.1 Å². The minimum Gasteiger partial charge on any atom is -0.493 e. The fraction of sp³-hybridized carbons (Fsp3) is 0.538. The van der Waals surface area contributed by atoms with Crippen LogP contribution in [0.15, 0.2) is 12.1 Å². The molecule has 98 valence electrons. The second-order valence-electron chi connectivity index (χ2n) is 4.59. The first-order valence-electron chi connectivity index (χ1n) is 6.16. The van der Waals surface area contributed by atoms with Gasteiger partial charge in [0, 0.05) is 17.0 Å². The highest BCUT2D eigenvalue weighted by Gasteiger charge is 2.28. The summed E-state index contributed by atoms with van der Waals surface area (Å²) in [7, 11) is 0. The lowest BCUT2D eigenvalue weighted by atomic mass is 9.98. The zero-order chi connectivity index (χ0) is 12.5. The summed E-state index contributed by atoms with van der Waals surface area (Å²) in [5.41, 5.74) is 8.32. The number of nitrogens with two attached hydrogens (primary N) is 1. The Morgan fingerprint density at radius 2 is 2.17 bits per heavy atom. The topological polar surface area (TPSA) is 53.7 Å². The minimum atomic E-state index is -0.268. The largest absolute Gasteiger partial charge is 0.493 e. The molecule has 4 nitrogen and oxygen atoms in total. The molecule has 0 amide bonds. The van der Waals surface area contributed by atoms with E-state index in [0.717, 1.165) is 23.3 Å². The van der Waals surface area contributed by atoms with Gasteiger partial charge in [0.1, 0.15) is 11.9 Å². The van der Waals surface area contributed by atoms with E-state index in [1.807, 2.05) is 12.1 Å². The molecule has 5 heteroatoms. The SMILES string of the molecule is NC(c1cc(Cl)cc2c1OCC2)C1COCCO1. The van der Waals surface area contributed by atoms with Gasteiger partial charge in [0.25, 0.3) is 0 Å². The Kier molecular flexibility index (Phi) is 3.43. The highest BCUT2D eigenvalue weighted by atomic mass is 35.5. The van der Waals surface area contributed by atoms with E-state index < -0.39 is 0 Å². The van der Waals surface area contributed by atoms with Gasteiger partial charge in [-0.25, -0.2) is 0 Å². The van der Waals surface area contributed by atoms with Crippen LogP contribution in [0, 0.1) is 0 Å². The van der Waals surface area contributed by atoms with Gasteiger partial charge in [-0.2, -0.15) is 0 Å². The molecule has 2 unspecified atom stereocenters. The van der Waals surface area contributed by atoms with Crippen LogP contribution >= 0.6 is 11.6 Å². The van der Waals surface area contributed by atoms with E-state index >= 15 is 0 Å². The molecule has 0 aromatic heterocycles. The number of hydrogen-bond donors (Lipinski definition) is 1. The normalized spacial score (nSPS) is 24.4. The summed E-state index contributed by atoms with van der Waals surface area (Å²) in [6.07, 6.45) is 0.753. The Bertz CT molecular complexity index is 446. The molecule has 0 spiro atoms. The van der Waals surface area contributed by atoms with Crippen LogP contribution < -0.4 is 10.5 Å². The van der Waals surface area contributed by atoms with Gasteiger partial charge in [0.2, 0.25) is 0 Å². The molecule has 1 aromatic rings. The van der Waals surface area contributed by atoms with Crippen molar-refractivity contribution in [2.24, 2.45) is 5.73 Å². The molecule has 1 saturated heterocycles. The van der Waals surface area contributed by atoms with E-state index in [9.17, 15) is 0 Å². The first kappa shape index (κ1) is 12.2. The van der Waals surface area contributed by atoms with Gasteiger partial charge < -0.3 is 19.9 Å². The summed E-state index contributed by atoms with van der Waals surface area (Å²) < 4.78 is 16.7. The van der Waals surface area contributed by atoms with Gasteiger partial charge in [-0.15, -0.1) is 0 Å². The third-order valence-corrected chi connectivity index (χ3v) is 3.60. The second kappa shape index (κ2) is 5.05. The zero-order valence-corrected chi connectivity index (χ0v) is 10.8. The summed E-state index contributed by atoms with van der Waals surface area (Å²) >= 11 is 6.13. The molecule has 2 N–H and O–H groups in total. The molecule has 2 heterocycles. The highest BCUT2D eigenvalue weighted by molar-refractivity contribution is 6.30. The van der Waals surface area contributed by atoms with Crippen molar-refractivity contribution in [3.8, 4) is 5.75 Å². The molecule has 3 rings (SSSR count). The molecule has 0 radical (unpaired) electrons. The van der Waals surface area contributed by atoms with Crippen LogP contribution in [0.1, 0.15) is 17.2 Å². The van der Waals surface area contributed by atoms with E-state index in [1.165, 1.54) is 0 Å². The second-order valence-corrected chi connectivity index (χ2v) is 5.03. The van der Waals surface area contributed by atoms with E-state index in [2.05, 4.69) is 0 Å². The molecular weight excluding hydrogens is 254 g/mol. The van der Waals surface area contributed by atoms with E-state index in [4.69, 9.17) is 31.5 Å². The third kappa shape index (κ3) is 2.21. The summed E-state index contributed by atoms with van der Waals surface area (Å²) in [6.45, 7) is 2.43. The number of hydrogen-bond acceptors (Lipinski definition) is 4. The maximum Gasteiger partial charge on any atom is 0.127 e. The number of halogens is 1. The predicted molar refractivity (Wildman–Crippen MR) is 68.1 cm³/mol. The Morgan fingerprint density at radius 1 is 1.28 bits per heavy atom. The van der Waals surface area contributed by atoms with E-state index in [0.29, 0.717) is 31.5 Å². The average Bonchev–Trinajstić information content (AvgIpc) is 2.86. The van der Waals surface area contributed by atoms with Crippen molar-refractivity contribution in [2.45, 2.75) is 18.6 Å². The van der Waals surface area contributed by atoms with Crippen molar-refractivity contribution in [3.63, 3.8) is 0 Å². The van der Waals surface area contributed by atoms with Crippen molar-refractivity contribution >= 4 is 11.6 Å². The summed E-state index contributed by atoms with van der Waals surface area (Å²) in [4.78, 5) is 0. The number of rotatable bonds is 2. The summed E-state index contributed by atoms with van der Waals surface area (Å²) in [5.74, 6) is 0.876. The van der Waals surface area contributed by atoms with Crippen LogP contribution in [0.25, 0.3) is 0 Å². The van der Waals surface area contributed by atoms with E-state index in [1.54, 1.807) is 0 Å². The molecule has 2 aliphatic heterocycles. The monoisotopic (exact) mass is 269 g/mol. The van der Waals surface area contributed by atoms with Crippen LogP contribution in [-0.4, -0.2) is 32.5 Å². The van der Waals surface area contributed by atoms with Crippen molar-refractivity contribution in [3.05, 3.63) is 28.3 Å². The lowest BCUT2D eigenvalue weighted by molar-refractivity contribution is -0.0977. The van der Waals surface area contributed by atoms with Gasteiger partial charge in [0.05, 0.1) is 32.5 Å². The van der Waals surface area contributed by atoms with Gasteiger partial charge in [0.15, 0.2) is 0 Å². The van der Waals surface area contributed by atoms with Crippen LogP contribution in [0.4, 0.5) is 0 Å². The van der Waals surface area contributed by atoms with Crippen molar-refractivity contribution < 1.29 is 14.2 Å². The van der Waals surface area contributed by atoms with Crippen molar-refractivity contribution in [1.29, 1.82) is 0 Å². The zero-order valence-electron chi connectivity index (χ0n) is 10.0. The molecule has 0 bridgehead atoms. The first-order chi connectivity index (χ1) is 8.75. The average molecular weight is 270 g/mol. The molecule has 0 aliphatic carbocycles. The Labute approximate surface area is 111 Å². The van der Waals surface area contributed by atoms with Crippen LogP contribution in [0.5, 0.6) is 5.75 Å². The maximum absolute atomic E-state index is 6.27. The lowest BCUT2D eigenvalue weighted by Crippen LogP contribution is -2.38. The Balaban J connectivity index is 1.91. The third-order valence-electron chi connectivity index (χ3n) is 3.38. The Morgan fingerprint density at radius 3 is 2.94 bits per heavy atom. The van der Waals surface area contributed by atoms with Gasteiger partial charge >= 0.3 is 0 Å². The standard InChI is InChI=1S/C13H16ClNO3/c14-9-5-8-1-2-18-13(8)10(6-9)12(15)11-7-16-3-4-17-11/h5-6,11-12H,1-4,7,15H2. The molecule has 2 aliphatic rings. The molecule has 1 aromatic carbocycles. The number of fused-ring (bicyclic) bond motifs is 1. The number of ether oxygens (including phenoxy) is 3. The van der Waals surface area contributed by atoms with Crippen LogP contribution in [0.3, 0.4) is 0 Å². The lowest BCUT2D eigenvalue weighted by Gasteiger charge is -2.29. The predicted octanol–water partition coefficient (Wildman–Crippen LogP) is 1.69. The van der Waals surface area contributed by atoms with Crippen LogP contribution in [0.2, 0.25) is 5.02 Å². The highest BCUT2D eigenvalue weighted by Crippen LogP contribution is 2.37.